The maximum atomic E-state index is 11.6. The lowest BCUT2D eigenvalue weighted by Gasteiger charge is -2.37. The quantitative estimate of drug-likeness (QED) is 0.611. The number of carbonyl (C=O) groups excluding carboxylic acids is 1. The van der Waals surface area contributed by atoms with Crippen molar-refractivity contribution in [1.82, 2.24) is 14.5 Å². The normalized spacial score (nSPS) is 25.9. The van der Waals surface area contributed by atoms with E-state index in [1.165, 1.54) is 6.92 Å². The molecule has 3 aromatic heterocycles. The Morgan fingerprint density at radius 1 is 1.32 bits per heavy atom. The van der Waals surface area contributed by atoms with Gasteiger partial charge in [-0.25, -0.2) is 9.97 Å². The molecule has 1 saturated heterocycles. The molecule has 1 saturated carbocycles. The Hall–Kier alpha value is -3.01. The summed E-state index contributed by atoms with van der Waals surface area (Å²) in [6.45, 7) is 3.18. The van der Waals surface area contributed by atoms with Crippen molar-refractivity contribution in [1.29, 1.82) is 0 Å². The number of hydrogen-bond acceptors (Lipinski definition) is 7. The van der Waals surface area contributed by atoms with E-state index in [0.717, 1.165) is 52.0 Å². The molecule has 1 spiro atoms. The van der Waals surface area contributed by atoms with Crippen molar-refractivity contribution in [2.75, 3.05) is 25.1 Å². The molecule has 9 nitrogen and oxygen atoms in total. The van der Waals surface area contributed by atoms with Crippen molar-refractivity contribution in [3.8, 4) is 17.0 Å². The van der Waals surface area contributed by atoms with Gasteiger partial charge in [0.05, 0.1) is 42.4 Å². The summed E-state index contributed by atoms with van der Waals surface area (Å²) in [6.07, 6.45) is 6.23. The van der Waals surface area contributed by atoms with E-state index in [4.69, 9.17) is 19.2 Å². The zero-order valence-electron chi connectivity index (χ0n) is 19.3. The first-order valence-electron chi connectivity index (χ1n) is 11.8. The van der Waals surface area contributed by atoms with Gasteiger partial charge in [0, 0.05) is 75.0 Å². The average Bonchev–Trinajstić information content (AvgIpc) is 3.38. The van der Waals surface area contributed by atoms with Gasteiger partial charge in [-0.2, -0.15) is 0 Å². The van der Waals surface area contributed by atoms with Crippen LogP contribution in [-0.2, 0) is 33.3 Å². The molecule has 178 valence electrons. The number of ether oxygens (including phenoxy) is 3. The zero-order valence-corrected chi connectivity index (χ0v) is 19.3. The van der Waals surface area contributed by atoms with Crippen LogP contribution in [-0.4, -0.2) is 57.6 Å². The molecule has 1 aliphatic carbocycles. The van der Waals surface area contributed by atoms with Crippen LogP contribution in [0.15, 0.2) is 24.5 Å². The third kappa shape index (κ3) is 3.55. The zero-order chi connectivity index (χ0) is 23.4. The van der Waals surface area contributed by atoms with Gasteiger partial charge in [0.2, 0.25) is 5.91 Å². The van der Waals surface area contributed by atoms with Gasteiger partial charge in [0.25, 0.3) is 0 Å². The van der Waals surface area contributed by atoms with Gasteiger partial charge in [0.1, 0.15) is 23.3 Å². The molecule has 3 aromatic rings. The van der Waals surface area contributed by atoms with Gasteiger partial charge in [-0.1, -0.05) is 0 Å². The summed E-state index contributed by atoms with van der Waals surface area (Å²) >= 11 is 0. The maximum Gasteiger partial charge on any atom is 0.222 e. The lowest BCUT2D eigenvalue weighted by molar-refractivity contribution is -0.114. The number of fused-ring (bicyclic) bond motifs is 3. The Kier molecular flexibility index (Phi) is 5.09. The number of aryl methyl sites for hydroxylation is 1. The number of amides is 1. The molecule has 1 amide bonds. The molecule has 1 atom stereocenters. The molecule has 5 heterocycles. The molecular weight excluding hydrogens is 436 g/mol. The third-order valence-corrected chi connectivity index (χ3v) is 7.05. The van der Waals surface area contributed by atoms with Crippen LogP contribution < -0.4 is 10.1 Å². The Morgan fingerprint density at radius 2 is 2.18 bits per heavy atom. The Morgan fingerprint density at radius 3 is 2.91 bits per heavy atom. The topological polar surface area (TPSA) is 108 Å². The monoisotopic (exact) mass is 464 g/mol. The Balaban J connectivity index is 1.51. The number of aliphatic hydroxyl groups excluding tert-OH is 1. The predicted molar refractivity (Wildman–Crippen MR) is 125 cm³/mol. The number of aliphatic hydroxyl groups is 1. The number of carbonyl (C=O) groups is 1. The molecular formula is C25H28N4O5. The number of anilines is 1. The molecule has 2 N–H and O–H groups in total. The van der Waals surface area contributed by atoms with Crippen LogP contribution in [0.1, 0.15) is 37.4 Å². The summed E-state index contributed by atoms with van der Waals surface area (Å²) in [5.41, 5.74) is 4.03. The molecule has 0 bridgehead atoms. The second-order valence-corrected chi connectivity index (χ2v) is 9.51. The fourth-order valence-electron chi connectivity index (χ4n) is 5.22. The van der Waals surface area contributed by atoms with Crippen LogP contribution in [0.2, 0.25) is 0 Å². The highest BCUT2D eigenvalue weighted by molar-refractivity contribution is 5.98. The van der Waals surface area contributed by atoms with E-state index in [9.17, 15) is 9.90 Å². The van der Waals surface area contributed by atoms with Gasteiger partial charge in [-0.3, -0.25) is 4.79 Å². The lowest BCUT2D eigenvalue weighted by atomic mass is 9.88. The maximum absolute atomic E-state index is 11.6. The molecule has 9 heteroatoms. The van der Waals surface area contributed by atoms with Crippen LogP contribution in [0.3, 0.4) is 0 Å². The summed E-state index contributed by atoms with van der Waals surface area (Å²) in [4.78, 5) is 21.1. The minimum absolute atomic E-state index is 0.00365. The summed E-state index contributed by atoms with van der Waals surface area (Å²) < 4.78 is 20.4. The van der Waals surface area contributed by atoms with E-state index in [1.54, 1.807) is 6.20 Å². The van der Waals surface area contributed by atoms with E-state index >= 15 is 0 Å². The summed E-state index contributed by atoms with van der Waals surface area (Å²) in [5.74, 6) is 1.13. The summed E-state index contributed by atoms with van der Waals surface area (Å²) in [6, 6.07) is 3.88. The van der Waals surface area contributed by atoms with Gasteiger partial charge in [-0.05, 0) is 6.07 Å². The third-order valence-electron chi connectivity index (χ3n) is 7.05. The largest absolute Gasteiger partial charge is 0.490 e. The van der Waals surface area contributed by atoms with Gasteiger partial charge in [-0.15, -0.1) is 0 Å². The van der Waals surface area contributed by atoms with Crippen molar-refractivity contribution >= 4 is 22.6 Å². The molecule has 2 aliphatic heterocycles. The van der Waals surface area contributed by atoms with Crippen molar-refractivity contribution in [3.05, 3.63) is 35.8 Å². The molecule has 6 rings (SSSR count). The van der Waals surface area contributed by atoms with E-state index in [1.807, 2.05) is 29.9 Å². The van der Waals surface area contributed by atoms with E-state index in [2.05, 4.69) is 10.3 Å². The van der Waals surface area contributed by atoms with Gasteiger partial charge >= 0.3 is 0 Å². The van der Waals surface area contributed by atoms with Gasteiger partial charge in [0.15, 0.2) is 0 Å². The molecule has 34 heavy (non-hydrogen) atoms. The lowest BCUT2D eigenvalue weighted by Crippen LogP contribution is -2.40. The highest BCUT2D eigenvalue weighted by Gasteiger charge is 2.45. The van der Waals surface area contributed by atoms with Crippen LogP contribution in [0.4, 0.5) is 5.82 Å². The highest BCUT2D eigenvalue weighted by atomic mass is 16.6. The van der Waals surface area contributed by atoms with Crippen molar-refractivity contribution < 1.29 is 24.1 Å². The number of aromatic nitrogens is 3. The molecule has 0 aromatic carbocycles. The Labute approximate surface area is 197 Å². The Bertz CT molecular complexity index is 1270. The van der Waals surface area contributed by atoms with Crippen LogP contribution in [0, 0.1) is 0 Å². The fraction of sp³-hybridized carbons (Fsp3) is 0.480. The number of nitrogens with one attached hydrogen (secondary N) is 1. The summed E-state index contributed by atoms with van der Waals surface area (Å²) in [7, 11) is 1.96. The molecule has 1 unspecified atom stereocenters. The minimum Gasteiger partial charge on any atom is -0.490 e. The highest BCUT2D eigenvalue weighted by Crippen LogP contribution is 2.44. The molecule has 2 fully saturated rings. The SMILES string of the molecule is CC(=O)Nc1cc2c(-c3cc(O[C@H]4C[C@@H](O)C4)c4c(n3)C3(CCOC3)OCC4)cn(C)c2cn1. The van der Waals surface area contributed by atoms with Crippen molar-refractivity contribution in [2.45, 2.75) is 50.4 Å². The summed E-state index contributed by atoms with van der Waals surface area (Å²) in [5, 5.41) is 13.5. The second kappa shape index (κ2) is 8.04. The van der Waals surface area contributed by atoms with Gasteiger partial charge < -0.3 is 29.2 Å². The average molecular weight is 465 g/mol. The van der Waals surface area contributed by atoms with Crippen LogP contribution in [0.5, 0.6) is 5.75 Å². The minimum atomic E-state index is -0.561. The predicted octanol–water partition coefficient (Wildman–Crippen LogP) is 2.68. The smallest absolute Gasteiger partial charge is 0.222 e. The first-order chi connectivity index (χ1) is 16.4. The second-order valence-electron chi connectivity index (χ2n) is 9.51. The van der Waals surface area contributed by atoms with E-state index in [0.29, 0.717) is 38.5 Å². The number of hydrogen-bond donors (Lipinski definition) is 2. The first kappa shape index (κ1) is 21.5. The van der Waals surface area contributed by atoms with E-state index < -0.39 is 5.60 Å². The molecule has 0 radical (unpaired) electrons. The van der Waals surface area contributed by atoms with Crippen molar-refractivity contribution in [3.63, 3.8) is 0 Å². The van der Waals surface area contributed by atoms with Crippen LogP contribution >= 0.6 is 0 Å². The fourth-order valence-corrected chi connectivity index (χ4v) is 5.22. The van der Waals surface area contributed by atoms with Crippen molar-refractivity contribution in [2.24, 2.45) is 7.05 Å². The first-order valence-corrected chi connectivity index (χ1v) is 11.8. The number of nitrogens with zero attached hydrogens (tertiary/aromatic N) is 3. The van der Waals surface area contributed by atoms with Crippen LogP contribution in [0.25, 0.3) is 22.2 Å². The number of pyridine rings is 2. The standard InChI is InChI=1S/C25H28N4O5/c1-14(30)27-23-9-18-19(12-29(2)21(18)11-26-23)20-10-22(34-16-7-15(31)8-16)17-3-5-33-25(24(17)28-20)4-6-32-13-25/h9-12,15-16,31H,3-8,13H2,1-2H3,(H,26,27,30)/t15-,16+,25?. The number of rotatable bonds is 4. The molecule has 3 aliphatic rings. The van der Waals surface area contributed by atoms with E-state index in [-0.39, 0.29) is 18.1 Å².